The Labute approximate surface area is 116 Å². The standard InChI is InChI=1S/C13H15ClFNO3/c1-18-13(17)16-6-4-9(5-7-16)19-10-2-3-11(14)12(15)8-10/h2-3,8-9H,4-7H2,1H3. The number of likely N-dealkylation sites (tertiary alicyclic amines) is 1. The summed E-state index contributed by atoms with van der Waals surface area (Å²) in [5.41, 5.74) is 0. The molecule has 1 heterocycles. The van der Waals surface area contributed by atoms with Crippen LogP contribution < -0.4 is 4.74 Å². The molecule has 1 fully saturated rings. The first kappa shape index (κ1) is 13.9. The molecule has 104 valence electrons. The fourth-order valence-electron chi connectivity index (χ4n) is 2.03. The Morgan fingerprint density at radius 2 is 2.11 bits per heavy atom. The zero-order chi connectivity index (χ0) is 13.8. The van der Waals surface area contributed by atoms with E-state index in [1.54, 1.807) is 11.0 Å². The molecule has 0 unspecified atom stereocenters. The zero-order valence-corrected chi connectivity index (χ0v) is 11.3. The van der Waals surface area contributed by atoms with E-state index in [0.29, 0.717) is 31.7 Å². The summed E-state index contributed by atoms with van der Waals surface area (Å²) in [4.78, 5) is 12.9. The van der Waals surface area contributed by atoms with Gasteiger partial charge in [-0.1, -0.05) is 11.6 Å². The van der Waals surface area contributed by atoms with Crippen molar-refractivity contribution < 1.29 is 18.7 Å². The van der Waals surface area contributed by atoms with Gasteiger partial charge in [0.1, 0.15) is 17.7 Å². The maximum absolute atomic E-state index is 13.3. The molecule has 0 aliphatic carbocycles. The van der Waals surface area contributed by atoms with Crippen LogP contribution in [0.2, 0.25) is 5.02 Å². The summed E-state index contributed by atoms with van der Waals surface area (Å²) in [7, 11) is 1.36. The molecule has 0 atom stereocenters. The summed E-state index contributed by atoms with van der Waals surface area (Å²) in [5, 5.41) is 0.0767. The minimum absolute atomic E-state index is 0.0264. The highest BCUT2D eigenvalue weighted by Gasteiger charge is 2.24. The van der Waals surface area contributed by atoms with E-state index in [2.05, 4.69) is 4.74 Å². The molecule has 1 aliphatic heterocycles. The van der Waals surface area contributed by atoms with E-state index < -0.39 is 5.82 Å². The van der Waals surface area contributed by atoms with E-state index in [4.69, 9.17) is 16.3 Å². The number of ether oxygens (including phenoxy) is 2. The second-order valence-corrected chi connectivity index (χ2v) is 4.76. The first-order chi connectivity index (χ1) is 9.10. The van der Waals surface area contributed by atoms with Gasteiger partial charge in [-0.2, -0.15) is 0 Å². The van der Waals surface area contributed by atoms with Crippen LogP contribution in [0.1, 0.15) is 12.8 Å². The summed E-state index contributed by atoms with van der Waals surface area (Å²) in [6, 6.07) is 4.38. The minimum atomic E-state index is -0.494. The van der Waals surface area contributed by atoms with E-state index in [-0.39, 0.29) is 17.2 Å². The van der Waals surface area contributed by atoms with Crippen molar-refractivity contribution in [2.75, 3.05) is 20.2 Å². The van der Waals surface area contributed by atoms with Crippen LogP contribution in [0.4, 0.5) is 9.18 Å². The molecule has 6 heteroatoms. The number of rotatable bonds is 2. The zero-order valence-electron chi connectivity index (χ0n) is 10.6. The third-order valence-electron chi connectivity index (χ3n) is 3.07. The van der Waals surface area contributed by atoms with Crippen molar-refractivity contribution in [2.45, 2.75) is 18.9 Å². The van der Waals surface area contributed by atoms with Crippen molar-refractivity contribution in [2.24, 2.45) is 0 Å². The van der Waals surface area contributed by atoms with Crippen molar-refractivity contribution in [1.29, 1.82) is 0 Å². The predicted octanol–water partition coefficient (Wildman–Crippen LogP) is 3.09. The number of carbonyl (C=O) groups is 1. The Morgan fingerprint density at radius 1 is 1.42 bits per heavy atom. The van der Waals surface area contributed by atoms with Crippen molar-refractivity contribution in [3.63, 3.8) is 0 Å². The largest absolute Gasteiger partial charge is 0.490 e. The normalized spacial score (nSPS) is 16.3. The average molecular weight is 288 g/mol. The van der Waals surface area contributed by atoms with Crippen LogP contribution in [0.15, 0.2) is 18.2 Å². The number of halogens is 2. The van der Waals surface area contributed by atoms with Crippen molar-refractivity contribution >= 4 is 17.7 Å². The smallest absolute Gasteiger partial charge is 0.409 e. The number of amides is 1. The van der Waals surface area contributed by atoms with Gasteiger partial charge in [-0.15, -0.1) is 0 Å². The molecule has 4 nitrogen and oxygen atoms in total. The average Bonchev–Trinajstić information content (AvgIpc) is 2.43. The van der Waals surface area contributed by atoms with Gasteiger partial charge >= 0.3 is 6.09 Å². The molecule has 1 amide bonds. The lowest BCUT2D eigenvalue weighted by atomic mass is 10.1. The first-order valence-electron chi connectivity index (χ1n) is 6.04. The molecule has 1 aliphatic rings. The van der Waals surface area contributed by atoms with E-state index in [1.165, 1.54) is 19.2 Å². The molecule has 0 aromatic heterocycles. The number of hydrogen-bond acceptors (Lipinski definition) is 3. The van der Waals surface area contributed by atoms with E-state index >= 15 is 0 Å². The Kier molecular flexibility index (Phi) is 4.47. The maximum Gasteiger partial charge on any atom is 0.409 e. The number of nitrogens with zero attached hydrogens (tertiary/aromatic N) is 1. The van der Waals surface area contributed by atoms with Gasteiger partial charge in [-0.05, 0) is 12.1 Å². The van der Waals surface area contributed by atoms with Gasteiger partial charge in [0, 0.05) is 32.0 Å². The molecule has 1 saturated heterocycles. The molecule has 0 saturated carbocycles. The van der Waals surface area contributed by atoms with E-state index in [0.717, 1.165) is 0 Å². The molecule has 0 radical (unpaired) electrons. The number of benzene rings is 1. The van der Waals surface area contributed by atoms with Crippen molar-refractivity contribution in [1.82, 2.24) is 4.90 Å². The summed E-state index contributed by atoms with van der Waals surface area (Å²) in [6.07, 6.45) is 1.04. The molecule has 0 bridgehead atoms. The van der Waals surface area contributed by atoms with Gasteiger partial charge < -0.3 is 14.4 Å². The molecule has 1 aromatic rings. The maximum atomic E-state index is 13.3. The van der Waals surface area contributed by atoms with Crippen LogP contribution in [0.3, 0.4) is 0 Å². The molecular weight excluding hydrogens is 273 g/mol. The second-order valence-electron chi connectivity index (χ2n) is 4.35. The van der Waals surface area contributed by atoms with Gasteiger partial charge in [-0.25, -0.2) is 9.18 Å². The Morgan fingerprint density at radius 3 is 2.68 bits per heavy atom. The van der Waals surface area contributed by atoms with Gasteiger partial charge in [0.2, 0.25) is 0 Å². The minimum Gasteiger partial charge on any atom is -0.490 e. The summed E-state index contributed by atoms with van der Waals surface area (Å²) < 4.78 is 23.6. The van der Waals surface area contributed by atoms with Gasteiger partial charge in [-0.3, -0.25) is 0 Å². The molecule has 19 heavy (non-hydrogen) atoms. The molecule has 0 N–H and O–H groups in total. The van der Waals surface area contributed by atoms with Gasteiger partial charge in [0.15, 0.2) is 0 Å². The van der Waals surface area contributed by atoms with E-state index in [9.17, 15) is 9.18 Å². The Balaban J connectivity index is 1.88. The number of piperidine rings is 1. The van der Waals surface area contributed by atoms with Crippen LogP contribution in [0.5, 0.6) is 5.75 Å². The molecule has 2 rings (SSSR count). The van der Waals surface area contributed by atoms with Crippen molar-refractivity contribution in [3.05, 3.63) is 29.0 Å². The number of methoxy groups -OCH3 is 1. The van der Waals surface area contributed by atoms with Crippen LogP contribution in [0.25, 0.3) is 0 Å². The third kappa shape index (κ3) is 3.50. The van der Waals surface area contributed by atoms with Crippen LogP contribution >= 0.6 is 11.6 Å². The summed E-state index contributed by atoms with van der Waals surface area (Å²) >= 11 is 5.60. The topological polar surface area (TPSA) is 38.8 Å². The van der Waals surface area contributed by atoms with Crippen LogP contribution in [0, 0.1) is 5.82 Å². The lowest BCUT2D eigenvalue weighted by Gasteiger charge is -2.31. The first-order valence-corrected chi connectivity index (χ1v) is 6.42. The quantitative estimate of drug-likeness (QED) is 0.839. The SMILES string of the molecule is COC(=O)N1CCC(Oc2ccc(Cl)c(F)c2)CC1. The highest BCUT2D eigenvalue weighted by molar-refractivity contribution is 6.30. The van der Waals surface area contributed by atoms with Crippen molar-refractivity contribution in [3.8, 4) is 5.75 Å². The lowest BCUT2D eigenvalue weighted by molar-refractivity contribution is 0.0790. The monoisotopic (exact) mass is 287 g/mol. The van der Waals surface area contributed by atoms with E-state index in [1.807, 2.05) is 0 Å². The Bertz CT molecular complexity index is 461. The third-order valence-corrected chi connectivity index (χ3v) is 3.38. The Hall–Kier alpha value is -1.49. The summed E-state index contributed by atoms with van der Waals surface area (Å²) in [5.74, 6) is -0.0374. The molecular formula is C13H15ClFNO3. The van der Waals surface area contributed by atoms with Gasteiger partial charge in [0.05, 0.1) is 12.1 Å². The number of hydrogen-bond donors (Lipinski definition) is 0. The fourth-order valence-corrected chi connectivity index (χ4v) is 2.15. The lowest BCUT2D eigenvalue weighted by Crippen LogP contribution is -2.41. The van der Waals surface area contributed by atoms with Crippen LogP contribution in [-0.2, 0) is 4.74 Å². The highest BCUT2D eigenvalue weighted by Crippen LogP contribution is 2.23. The second kappa shape index (κ2) is 6.10. The highest BCUT2D eigenvalue weighted by atomic mass is 35.5. The predicted molar refractivity (Wildman–Crippen MR) is 69.0 cm³/mol. The summed E-state index contributed by atoms with van der Waals surface area (Å²) in [6.45, 7) is 1.15. The molecule has 0 spiro atoms. The number of carbonyl (C=O) groups excluding carboxylic acids is 1. The van der Waals surface area contributed by atoms with Crippen LogP contribution in [-0.4, -0.2) is 37.3 Å². The fraction of sp³-hybridized carbons (Fsp3) is 0.462. The molecule has 1 aromatic carbocycles. The van der Waals surface area contributed by atoms with Gasteiger partial charge in [0.25, 0.3) is 0 Å².